The van der Waals surface area contributed by atoms with Crippen LogP contribution in [0.5, 0.6) is 5.75 Å². The summed E-state index contributed by atoms with van der Waals surface area (Å²) in [6, 6.07) is 11.5. The topological polar surface area (TPSA) is 73.1 Å². The first-order valence-electron chi connectivity index (χ1n) is 10.1. The van der Waals surface area contributed by atoms with E-state index in [9.17, 15) is 4.79 Å². The Morgan fingerprint density at radius 1 is 1.23 bits per heavy atom. The van der Waals surface area contributed by atoms with Crippen LogP contribution >= 0.6 is 11.8 Å². The minimum Gasteiger partial charge on any atom is -0.495 e. The summed E-state index contributed by atoms with van der Waals surface area (Å²) in [4.78, 5) is 19.0. The van der Waals surface area contributed by atoms with Crippen LogP contribution in [0.25, 0.3) is 17.1 Å². The number of para-hydroxylation sites is 2. The molecule has 1 amide bonds. The maximum Gasteiger partial charge on any atom is 0.233 e. The molecule has 0 N–H and O–H groups in total. The molecule has 0 spiro atoms. The van der Waals surface area contributed by atoms with Gasteiger partial charge in [-0.05, 0) is 43.0 Å². The highest BCUT2D eigenvalue weighted by atomic mass is 32.2. The third-order valence-corrected chi connectivity index (χ3v) is 6.13. The standard InChI is InChI=1S/C22H25N5O2S/c1-16-7-6-12-26(14-16)20(28)15-30-22-25-24-21(17-8-5-11-23-13-17)27(22)18-9-3-4-10-19(18)29-2/h3-5,8-11,13,16H,6-7,12,14-15H2,1-2H3/t16-/m1/s1. The summed E-state index contributed by atoms with van der Waals surface area (Å²) >= 11 is 1.40. The lowest BCUT2D eigenvalue weighted by atomic mass is 10.0. The molecule has 3 aromatic rings. The molecule has 1 saturated heterocycles. The summed E-state index contributed by atoms with van der Waals surface area (Å²) in [5.41, 5.74) is 1.67. The number of carbonyl (C=O) groups is 1. The van der Waals surface area contributed by atoms with Gasteiger partial charge < -0.3 is 9.64 Å². The Morgan fingerprint density at radius 2 is 2.10 bits per heavy atom. The highest BCUT2D eigenvalue weighted by Crippen LogP contribution is 2.32. The Bertz CT molecular complexity index is 1010. The third kappa shape index (κ3) is 4.33. The van der Waals surface area contributed by atoms with Gasteiger partial charge in [-0.25, -0.2) is 0 Å². The van der Waals surface area contributed by atoms with Gasteiger partial charge in [0.25, 0.3) is 0 Å². The molecule has 1 aromatic carbocycles. The van der Waals surface area contributed by atoms with Gasteiger partial charge in [0, 0.05) is 31.0 Å². The highest BCUT2D eigenvalue weighted by molar-refractivity contribution is 7.99. The Labute approximate surface area is 180 Å². The number of piperidine rings is 1. The fourth-order valence-corrected chi connectivity index (χ4v) is 4.56. The first kappa shape index (κ1) is 20.4. The fraction of sp³-hybridized carbons (Fsp3) is 0.364. The Kier molecular flexibility index (Phi) is 6.32. The van der Waals surface area contributed by atoms with Gasteiger partial charge in [-0.2, -0.15) is 0 Å². The maximum atomic E-state index is 12.8. The van der Waals surface area contributed by atoms with E-state index in [2.05, 4.69) is 22.1 Å². The number of methoxy groups -OCH3 is 1. The van der Waals surface area contributed by atoms with E-state index in [1.54, 1.807) is 19.5 Å². The monoisotopic (exact) mass is 423 g/mol. The second kappa shape index (κ2) is 9.30. The molecule has 0 bridgehead atoms. The zero-order valence-electron chi connectivity index (χ0n) is 17.2. The van der Waals surface area contributed by atoms with Gasteiger partial charge in [-0.3, -0.25) is 14.3 Å². The summed E-state index contributed by atoms with van der Waals surface area (Å²) in [7, 11) is 1.64. The average molecular weight is 424 g/mol. The van der Waals surface area contributed by atoms with Gasteiger partial charge in [0.2, 0.25) is 5.91 Å². The molecule has 0 saturated carbocycles. The number of hydrogen-bond donors (Lipinski definition) is 0. The van der Waals surface area contributed by atoms with Crippen molar-refractivity contribution in [3.8, 4) is 22.8 Å². The minimum absolute atomic E-state index is 0.143. The van der Waals surface area contributed by atoms with E-state index in [1.165, 1.54) is 18.2 Å². The van der Waals surface area contributed by atoms with Crippen molar-refractivity contribution in [2.45, 2.75) is 24.9 Å². The van der Waals surface area contributed by atoms with E-state index in [-0.39, 0.29) is 5.91 Å². The lowest BCUT2D eigenvalue weighted by Crippen LogP contribution is -2.40. The largest absolute Gasteiger partial charge is 0.495 e. The van der Waals surface area contributed by atoms with Crippen molar-refractivity contribution in [2.24, 2.45) is 5.92 Å². The van der Waals surface area contributed by atoms with E-state index >= 15 is 0 Å². The van der Waals surface area contributed by atoms with Crippen LogP contribution < -0.4 is 4.74 Å². The summed E-state index contributed by atoms with van der Waals surface area (Å²) in [6.07, 6.45) is 5.74. The Balaban J connectivity index is 1.65. The molecule has 1 aliphatic rings. The predicted octanol–water partition coefficient (Wildman–Crippen LogP) is 3.69. The van der Waals surface area contributed by atoms with Crippen LogP contribution in [-0.4, -0.2) is 56.5 Å². The van der Waals surface area contributed by atoms with Crippen molar-refractivity contribution in [1.29, 1.82) is 0 Å². The number of ether oxygens (including phenoxy) is 1. The minimum atomic E-state index is 0.143. The molecule has 30 heavy (non-hydrogen) atoms. The summed E-state index contributed by atoms with van der Waals surface area (Å²) in [6.45, 7) is 3.87. The van der Waals surface area contributed by atoms with Gasteiger partial charge in [0.05, 0.1) is 18.6 Å². The van der Waals surface area contributed by atoms with Gasteiger partial charge in [-0.1, -0.05) is 30.8 Å². The van der Waals surface area contributed by atoms with Crippen LogP contribution in [0.3, 0.4) is 0 Å². The zero-order valence-corrected chi connectivity index (χ0v) is 18.0. The molecule has 4 rings (SSSR count). The van der Waals surface area contributed by atoms with Crippen molar-refractivity contribution < 1.29 is 9.53 Å². The molecular weight excluding hydrogens is 398 g/mol. The Morgan fingerprint density at radius 3 is 2.87 bits per heavy atom. The van der Waals surface area contributed by atoms with Crippen LogP contribution in [0.4, 0.5) is 0 Å². The molecule has 0 aliphatic carbocycles. The Hall–Kier alpha value is -2.87. The van der Waals surface area contributed by atoms with Crippen LogP contribution in [0.15, 0.2) is 53.9 Å². The number of likely N-dealkylation sites (tertiary alicyclic amines) is 1. The number of pyridine rings is 1. The summed E-state index contributed by atoms with van der Waals surface area (Å²) < 4.78 is 7.51. The van der Waals surface area contributed by atoms with Crippen molar-refractivity contribution >= 4 is 17.7 Å². The van der Waals surface area contributed by atoms with Crippen molar-refractivity contribution in [3.05, 3.63) is 48.8 Å². The number of carbonyl (C=O) groups excluding carboxylic acids is 1. The molecule has 1 fully saturated rings. The SMILES string of the molecule is COc1ccccc1-n1c(SCC(=O)N2CCC[C@@H](C)C2)nnc1-c1cccnc1. The van der Waals surface area contributed by atoms with Gasteiger partial charge in [0.15, 0.2) is 11.0 Å². The number of hydrogen-bond acceptors (Lipinski definition) is 6. The number of nitrogens with zero attached hydrogens (tertiary/aromatic N) is 5. The molecule has 1 atom stereocenters. The first-order chi connectivity index (χ1) is 14.7. The second-order valence-electron chi connectivity index (χ2n) is 7.43. The van der Waals surface area contributed by atoms with E-state index in [0.717, 1.165) is 30.8 Å². The van der Waals surface area contributed by atoms with Crippen molar-refractivity contribution in [2.75, 3.05) is 26.0 Å². The second-order valence-corrected chi connectivity index (χ2v) is 8.37. The fourth-order valence-electron chi connectivity index (χ4n) is 3.71. The molecule has 0 unspecified atom stereocenters. The average Bonchev–Trinajstić information content (AvgIpc) is 3.21. The molecule has 1 aliphatic heterocycles. The lowest BCUT2D eigenvalue weighted by Gasteiger charge is -2.30. The zero-order chi connectivity index (χ0) is 20.9. The van der Waals surface area contributed by atoms with Gasteiger partial charge >= 0.3 is 0 Å². The van der Waals surface area contributed by atoms with Crippen LogP contribution in [0.2, 0.25) is 0 Å². The van der Waals surface area contributed by atoms with Crippen LogP contribution in [-0.2, 0) is 4.79 Å². The molecule has 8 heteroatoms. The molecule has 2 aromatic heterocycles. The van der Waals surface area contributed by atoms with Crippen LogP contribution in [0.1, 0.15) is 19.8 Å². The number of thioether (sulfide) groups is 1. The number of amides is 1. The molecule has 0 radical (unpaired) electrons. The quantitative estimate of drug-likeness (QED) is 0.563. The molecular formula is C22H25N5O2S. The molecule has 156 valence electrons. The van der Waals surface area contributed by atoms with Crippen molar-refractivity contribution in [3.63, 3.8) is 0 Å². The summed E-state index contributed by atoms with van der Waals surface area (Å²) in [5.74, 6) is 2.40. The van der Waals surface area contributed by atoms with Crippen molar-refractivity contribution in [1.82, 2.24) is 24.6 Å². The number of benzene rings is 1. The smallest absolute Gasteiger partial charge is 0.233 e. The predicted molar refractivity (Wildman–Crippen MR) is 117 cm³/mol. The lowest BCUT2D eigenvalue weighted by molar-refractivity contribution is -0.130. The highest BCUT2D eigenvalue weighted by Gasteiger charge is 2.23. The molecule has 3 heterocycles. The van der Waals surface area contributed by atoms with Gasteiger partial charge in [0.1, 0.15) is 5.75 Å². The van der Waals surface area contributed by atoms with E-state index < -0.39 is 0 Å². The van der Waals surface area contributed by atoms with E-state index in [0.29, 0.717) is 28.4 Å². The maximum absolute atomic E-state index is 12.8. The molecule has 7 nitrogen and oxygen atoms in total. The van der Waals surface area contributed by atoms with Gasteiger partial charge in [-0.15, -0.1) is 10.2 Å². The third-order valence-electron chi connectivity index (χ3n) is 5.21. The van der Waals surface area contributed by atoms with E-state index in [4.69, 9.17) is 4.74 Å². The normalized spacial score (nSPS) is 16.5. The van der Waals surface area contributed by atoms with Crippen LogP contribution in [0, 0.1) is 5.92 Å². The first-order valence-corrected chi connectivity index (χ1v) is 11.1. The van der Waals surface area contributed by atoms with E-state index in [1.807, 2.05) is 45.9 Å². The number of rotatable bonds is 6. The summed E-state index contributed by atoms with van der Waals surface area (Å²) in [5, 5.41) is 9.46. The number of aromatic nitrogens is 4.